The van der Waals surface area contributed by atoms with E-state index in [9.17, 15) is 0 Å². The van der Waals surface area contributed by atoms with Crippen molar-refractivity contribution in [2.45, 2.75) is 19.8 Å². The van der Waals surface area contributed by atoms with Gasteiger partial charge in [0.2, 0.25) is 0 Å². The molecule has 0 aromatic heterocycles. The molecule has 0 unspecified atom stereocenters. The lowest BCUT2D eigenvalue weighted by Gasteiger charge is -2.31. The number of benzene rings is 1. The Morgan fingerprint density at radius 1 is 1.47 bits per heavy atom. The Hall–Kier alpha value is -1.09. The van der Waals surface area contributed by atoms with Gasteiger partial charge in [-0.3, -0.25) is 0 Å². The molecule has 2 rings (SSSR count). The van der Waals surface area contributed by atoms with Crippen LogP contribution in [0.2, 0.25) is 0 Å². The number of rotatable bonds is 0. The van der Waals surface area contributed by atoms with Crippen LogP contribution >= 0.6 is 12.2 Å². The zero-order valence-electron chi connectivity index (χ0n) is 9.21. The molecule has 0 saturated carbocycles. The van der Waals surface area contributed by atoms with Gasteiger partial charge in [0.25, 0.3) is 0 Å². The van der Waals surface area contributed by atoms with Crippen LogP contribution in [0.4, 0.5) is 5.69 Å². The molecule has 1 aromatic rings. The molecule has 1 aliphatic rings. The third-order valence-electron chi connectivity index (χ3n) is 2.81. The maximum atomic E-state index is 5.30. The minimum Gasteiger partial charge on any atom is -0.365 e. The molecule has 0 bridgehead atoms. The SMILES string of the molecule is CNC(=S)N1CCCc2cc(C)ccc21. The summed E-state index contributed by atoms with van der Waals surface area (Å²) in [5, 5.41) is 3.87. The summed E-state index contributed by atoms with van der Waals surface area (Å²) in [6.45, 7) is 3.16. The predicted molar refractivity (Wildman–Crippen MR) is 68.5 cm³/mol. The van der Waals surface area contributed by atoms with E-state index in [-0.39, 0.29) is 0 Å². The second-order valence-corrected chi connectivity index (χ2v) is 4.33. The molecule has 2 nitrogen and oxygen atoms in total. The van der Waals surface area contributed by atoms with Gasteiger partial charge in [-0.1, -0.05) is 17.7 Å². The Morgan fingerprint density at radius 2 is 2.27 bits per heavy atom. The maximum absolute atomic E-state index is 5.30. The first-order valence-electron chi connectivity index (χ1n) is 5.31. The number of thiocarbonyl (C=S) groups is 1. The lowest BCUT2D eigenvalue weighted by atomic mass is 10.00. The van der Waals surface area contributed by atoms with Crippen LogP contribution in [0.15, 0.2) is 18.2 Å². The highest BCUT2D eigenvalue weighted by molar-refractivity contribution is 7.80. The van der Waals surface area contributed by atoms with Crippen molar-refractivity contribution in [3.05, 3.63) is 29.3 Å². The van der Waals surface area contributed by atoms with Gasteiger partial charge in [0.1, 0.15) is 0 Å². The number of hydrogen-bond donors (Lipinski definition) is 1. The Kier molecular flexibility index (Phi) is 2.91. The summed E-state index contributed by atoms with van der Waals surface area (Å²) in [6, 6.07) is 6.59. The average Bonchev–Trinajstić information content (AvgIpc) is 2.26. The predicted octanol–water partition coefficient (Wildman–Crippen LogP) is 2.25. The van der Waals surface area contributed by atoms with Crippen molar-refractivity contribution >= 4 is 23.0 Å². The van der Waals surface area contributed by atoms with Crippen molar-refractivity contribution in [1.82, 2.24) is 5.32 Å². The van der Waals surface area contributed by atoms with Crippen molar-refractivity contribution < 1.29 is 0 Å². The smallest absolute Gasteiger partial charge is 0.173 e. The highest BCUT2D eigenvalue weighted by atomic mass is 32.1. The van der Waals surface area contributed by atoms with Gasteiger partial charge in [0.05, 0.1) is 0 Å². The van der Waals surface area contributed by atoms with Crippen molar-refractivity contribution in [3.8, 4) is 0 Å². The lowest BCUT2D eigenvalue weighted by molar-refractivity contribution is 0.772. The van der Waals surface area contributed by atoms with E-state index in [1.165, 1.54) is 29.7 Å². The van der Waals surface area contributed by atoms with Gasteiger partial charge >= 0.3 is 0 Å². The van der Waals surface area contributed by atoms with Crippen LogP contribution in [-0.2, 0) is 6.42 Å². The fraction of sp³-hybridized carbons (Fsp3) is 0.417. The van der Waals surface area contributed by atoms with Crippen molar-refractivity contribution in [1.29, 1.82) is 0 Å². The average molecular weight is 220 g/mol. The third-order valence-corrected chi connectivity index (χ3v) is 3.24. The van der Waals surface area contributed by atoms with Gasteiger partial charge in [0.15, 0.2) is 5.11 Å². The summed E-state index contributed by atoms with van der Waals surface area (Å²) in [4.78, 5) is 2.19. The number of aryl methyl sites for hydroxylation is 2. The summed E-state index contributed by atoms with van der Waals surface area (Å²) in [6.07, 6.45) is 2.35. The van der Waals surface area contributed by atoms with Gasteiger partial charge in [0, 0.05) is 19.3 Å². The molecule has 15 heavy (non-hydrogen) atoms. The number of hydrogen-bond acceptors (Lipinski definition) is 1. The molecule has 0 saturated heterocycles. The maximum Gasteiger partial charge on any atom is 0.173 e. The largest absolute Gasteiger partial charge is 0.365 e. The van der Waals surface area contributed by atoms with Crippen LogP contribution in [-0.4, -0.2) is 18.7 Å². The van der Waals surface area contributed by atoms with E-state index in [2.05, 4.69) is 35.3 Å². The van der Waals surface area contributed by atoms with Crippen LogP contribution in [0.25, 0.3) is 0 Å². The highest BCUT2D eigenvalue weighted by Crippen LogP contribution is 2.27. The van der Waals surface area contributed by atoms with E-state index in [4.69, 9.17) is 12.2 Å². The Balaban J connectivity index is 2.38. The molecular formula is C12H16N2S. The quantitative estimate of drug-likeness (QED) is 0.675. The molecule has 0 atom stereocenters. The van der Waals surface area contributed by atoms with E-state index >= 15 is 0 Å². The standard InChI is InChI=1S/C12H16N2S/c1-9-5-6-11-10(8-9)4-3-7-14(11)12(15)13-2/h5-6,8H,3-4,7H2,1-2H3,(H,13,15). The van der Waals surface area contributed by atoms with Gasteiger partial charge < -0.3 is 10.2 Å². The molecule has 1 aromatic carbocycles. The number of nitrogens with zero attached hydrogens (tertiary/aromatic N) is 1. The third kappa shape index (κ3) is 1.97. The van der Waals surface area contributed by atoms with Crippen LogP contribution in [0.1, 0.15) is 17.5 Å². The molecular weight excluding hydrogens is 204 g/mol. The topological polar surface area (TPSA) is 15.3 Å². The van der Waals surface area contributed by atoms with E-state index in [1.807, 2.05) is 7.05 Å². The highest BCUT2D eigenvalue weighted by Gasteiger charge is 2.18. The Bertz CT molecular complexity index is 387. The zero-order chi connectivity index (χ0) is 10.8. The number of fused-ring (bicyclic) bond motifs is 1. The van der Waals surface area contributed by atoms with E-state index in [0.29, 0.717) is 0 Å². The molecule has 0 radical (unpaired) electrons. The van der Waals surface area contributed by atoms with Gasteiger partial charge in [-0.15, -0.1) is 0 Å². The minimum atomic E-state index is 0.819. The fourth-order valence-electron chi connectivity index (χ4n) is 2.07. The molecule has 1 N–H and O–H groups in total. The van der Waals surface area contributed by atoms with E-state index in [1.54, 1.807) is 0 Å². The first-order valence-corrected chi connectivity index (χ1v) is 5.72. The Morgan fingerprint density at radius 3 is 3.00 bits per heavy atom. The summed E-state index contributed by atoms with van der Waals surface area (Å²) in [7, 11) is 1.88. The molecule has 0 spiro atoms. The first kappa shape index (κ1) is 10.4. The molecule has 1 aliphatic heterocycles. The summed E-state index contributed by atoms with van der Waals surface area (Å²) < 4.78 is 0. The van der Waals surface area contributed by atoms with Gasteiger partial charge in [-0.2, -0.15) is 0 Å². The van der Waals surface area contributed by atoms with Crippen molar-refractivity contribution in [3.63, 3.8) is 0 Å². The second kappa shape index (κ2) is 4.19. The minimum absolute atomic E-state index is 0.819. The van der Waals surface area contributed by atoms with Crippen LogP contribution in [0.3, 0.4) is 0 Å². The molecule has 0 amide bonds. The van der Waals surface area contributed by atoms with E-state index in [0.717, 1.165) is 11.7 Å². The van der Waals surface area contributed by atoms with Gasteiger partial charge in [-0.05, 0) is 43.6 Å². The molecule has 0 fully saturated rings. The summed E-state index contributed by atoms with van der Waals surface area (Å²) in [5.41, 5.74) is 4.01. The van der Waals surface area contributed by atoms with Crippen molar-refractivity contribution in [2.24, 2.45) is 0 Å². The monoisotopic (exact) mass is 220 g/mol. The summed E-state index contributed by atoms with van der Waals surface area (Å²) >= 11 is 5.30. The molecule has 3 heteroatoms. The van der Waals surface area contributed by atoms with E-state index < -0.39 is 0 Å². The number of nitrogens with one attached hydrogen (secondary N) is 1. The normalized spacial score (nSPS) is 14.7. The lowest BCUT2D eigenvalue weighted by Crippen LogP contribution is -2.41. The zero-order valence-corrected chi connectivity index (χ0v) is 10.0. The molecule has 1 heterocycles. The Labute approximate surface area is 96.3 Å². The van der Waals surface area contributed by atoms with Gasteiger partial charge in [-0.25, -0.2) is 0 Å². The molecule has 80 valence electrons. The second-order valence-electron chi connectivity index (χ2n) is 3.94. The van der Waals surface area contributed by atoms with Crippen molar-refractivity contribution in [2.75, 3.05) is 18.5 Å². The summed E-state index contributed by atoms with van der Waals surface area (Å²) in [5.74, 6) is 0. The first-order chi connectivity index (χ1) is 7.22. The molecule has 0 aliphatic carbocycles. The van der Waals surface area contributed by atoms with Crippen LogP contribution in [0, 0.1) is 6.92 Å². The fourth-order valence-corrected chi connectivity index (χ4v) is 2.26. The van der Waals surface area contributed by atoms with Crippen LogP contribution < -0.4 is 10.2 Å². The van der Waals surface area contributed by atoms with Crippen LogP contribution in [0.5, 0.6) is 0 Å². The number of anilines is 1.